The van der Waals surface area contributed by atoms with Gasteiger partial charge in [0.1, 0.15) is 6.07 Å². The molecule has 3 rings (SSSR count). The zero-order valence-electron chi connectivity index (χ0n) is 10.9. The monoisotopic (exact) mass is 340 g/mol. The van der Waals surface area contributed by atoms with Crippen LogP contribution in [0.25, 0.3) is 0 Å². The van der Waals surface area contributed by atoms with Crippen molar-refractivity contribution in [2.75, 3.05) is 31.2 Å². The Labute approximate surface area is 125 Å². The number of nitrogens with zero attached hydrogens (tertiary/aromatic N) is 2. The molecule has 6 heteroatoms. The van der Waals surface area contributed by atoms with Crippen molar-refractivity contribution in [3.05, 3.63) is 28.0 Å². The Balaban J connectivity index is 1.89. The molecule has 2 aliphatic rings. The van der Waals surface area contributed by atoms with E-state index >= 15 is 0 Å². The van der Waals surface area contributed by atoms with Gasteiger partial charge in [-0.15, -0.1) is 0 Å². The summed E-state index contributed by atoms with van der Waals surface area (Å²) >= 11 is 3.15. The van der Waals surface area contributed by atoms with Crippen LogP contribution in [0.4, 0.5) is 10.1 Å². The van der Waals surface area contributed by atoms with Crippen LogP contribution in [0.1, 0.15) is 18.4 Å². The standard InChI is InChI=1S/C14H14BrFN2O2/c15-12-10(8-17)2-3-11(13(12)16)18-5-1-4-14(9-18)19-6-7-20-14/h2-3H,1,4-7,9H2. The molecule has 0 unspecified atom stereocenters. The zero-order valence-corrected chi connectivity index (χ0v) is 12.5. The van der Waals surface area contributed by atoms with Crippen molar-refractivity contribution in [2.24, 2.45) is 0 Å². The first kappa shape index (κ1) is 13.8. The highest BCUT2D eigenvalue weighted by Gasteiger charge is 2.41. The van der Waals surface area contributed by atoms with Crippen molar-refractivity contribution in [1.29, 1.82) is 5.26 Å². The Morgan fingerprint density at radius 2 is 2.10 bits per heavy atom. The predicted octanol–water partition coefficient (Wildman–Crippen LogP) is 2.80. The molecule has 0 aliphatic carbocycles. The number of halogens is 2. The molecule has 4 nitrogen and oxygen atoms in total. The summed E-state index contributed by atoms with van der Waals surface area (Å²) in [6.07, 6.45) is 1.72. The number of nitriles is 1. The molecule has 1 aromatic rings. The van der Waals surface area contributed by atoms with Crippen LogP contribution in [0, 0.1) is 17.1 Å². The summed E-state index contributed by atoms with van der Waals surface area (Å²) in [5, 5.41) is 8.91. The van der Waals surface area contributed by atoms with Gasteiger partial charge in [0.25, 0.3) is 0 Å². The summed E-state index contributed by atoms with van der Waals surface area (Å²) in [6, 6.07) is 5.23. The molecule has 0 aromatic heterocycles. The predicted molar refractivity (Wildman–Crippen MR) is 74.9 cm³/mol. The van der Waals surface area contributed by atoms with Crippen LogP contribution in [0.15, 0.2) is 16.6 Å². The second kappa shape index (κ2) is 5.32. The van der Waals surface area contributed by atoms with Crippen molar-refractivity contribution in [3.8, 4) is 6.07 Å². The number of hydrogen-bond donors (Lipinski definition) is 0. The molecular formula is C14H14BrFN2O2. The largest absolute Gasteiger partial charge is 0.364 e. The zero-order chi connectivity index (χ0) is 14.2. The molecule has 2 heterocycles. The molecular weight excluding hydrogens is 327 g/mol. The third kappa shape index (κ3) is 2.30. The van der Waals surface area contributed by atoms with Crippen molar-refractivity contribution in [2.45, 2.75) is 18.6 Å². The van der Waals surface area contributed by atoms with E-state index in [0.717, 1.165) is 19.4 Å². The Kier molecular flexibility index (Phi) is 3.67. The van der Waals surface area contributed by atoms with Crippen molar-refractivity contribution in [1.82, 2.24) is 0 Å². The van der Waals surface area contributed by atoms with E-state index in [0.29, 0.717) is 31.0 Å². The topological polar surface area (TPSA) is 45.5 Å². The second-order valence-corrected chi connectivity index (χ2v) is 5.80. The molecule has 0 radical (unpaired) electrons. The normalized spacial score (nSPS) is 21.1. The SMILES string of the molecule is N#Cc1ccc(N2CCCC3(C2)OCCO3)c(F)c1Br. The lowest BCUT2D eigenvalue weighted by atomic mass is 10.0. The summed E-state index contributed by atoms with van der Waals surface area (Å²) < 4.78 is 26.0. The number of rotatable bonds is 1. The smallest absolute Gasteiger partial charge is 0.186 e. The Hall–Kier alpha value is -1.16. The van der Waals surface area contributed by atoms with E-state index in [-0.39, 0.29) is 4.47 Å². The third-order valence-electron chi connectivity index (χ3n) is 3.75. The second-order valence-electron chi connectivity index (χ2n) is 5.00. The van der Waals surface area contributed by atoms with Gasteiger partial charge in [-0.2, -0.15) is 5.26 Å². The Morgan fingerprint density at radius 3 is 2.80 bits per heavy atom. The molecule has 2 aliphatic heterocycles. The van der Waals surface area contributed by atoms with E-state index in [1.165, 1.54) is 0 Å². The summed E-state index contributed by atoms with van der Waals surface area (Å²) in [7, 11) is 0. The molecule has 0 N–H and O–H groups in total. The molecule has 0 amide bonds. The highest BCUT2D eigenvalue weighted by Crippen LogP contribution is 2.35. The van der Waals surface area contributed by atoms with Crippen LogP contribution >= 0.6 is 15.9 Å². The highest BCUT2D eigenvalue weighted by atomic mass is 79.9. The van der Waals surface area contributed by atoms with E-state index in [1.54, 1.807) is 12.1 Å². The first-order valence-corrected chi connectivity index (χ1v) is 7.35. The molecule has 2 fully saturated rings. The van der Waals surface area contributed by atoms with Gasteiger partial charge in [-0.05, 0) is 34.5 Å². The molecule has 0 bridgehead atoms. The van der Waals surface area contributed by atoms with Crippen LogP contribution in [0.3, 0.4) is 0 Å². The average molecular weight is 341 g/mol. The first-order valence-electron chi connectivity index (χ1n) is 6.56. The van der Waals surface area contributed by atoms with Crippen LogP contribution in [-0.4, -0.2) is 32.1 Å². The molecule has 1 spiro atoms. The van der Waals surface area contributed by atoms with Gasteiger partial charge in [-0.3, -0.25) is 0 Å². The molecule has 20 heavy (non-hydrogen) atoms. The Morgan fingerprint density at radius 1 is 1.35 bits per heavy atom. The van der Waals surface area contributed by atoms with Crippen molar-refractivity contribution >= 4 is 21.6 Å². The first-order chi connectivity index (χ1) is 9.65. The lowest BCUT2D eigenvalue weighted by Gasteiger charge is -2.40. The minimum absolute atomic E-state index is 0.213. The number of benzene rings is 1. The van der Waals surface area contributed by atoms with E-state index in [1.807, 2.05) is 11.0 Å². The van der Waals surface area contributed by atoms with Crippen LogP contribution in [-0.2, 0) is 9.47 Å². The van der Waals surface area contributed by atoms with Crippen LogP contribution < -0.4 is 4.90 Å². The lowest BCUT2D eigenvalue weighted by Crippen LogP contribution is -2.49. The maximum Gasteiger partial charge on any atom is 0.186 e. The van der Waals surface area contributed by atoms with Crippen molar-refractivity contribution in [3.63, 3.8) is 0 Å². The minimum Gasteiger partial charge on any atom is -0.364 e. The van der Waals surface area contributed by atoms with E-state index in [9.17, 15) is 4.39 Å². The molecule has 1 aromatic carbocycles. The molecule has 0 atom stereocenters. The third-order valence-corrected chi connectivity index (χ3v) is 4.53. The maximum absolute atomic E-state index is 14.4. The fraction of sp³-hybridized carbons (Fsp3) is 0.500. The summed E-state index contributed by atoms with van der Waals surface area (Å²) in [6.45, 7) is 2.45. The van der Waals surface area contributed by atoms with Crippen molar-refractivity contribution < 1.29 is 13.9 Å². The van der Waals surface area contributed by atoms with E-state index in [4.69, 9.17) is 14.7 Å². The molecule has 0 saturated carbocycles. The molecule has 106 valence electrons. The number of ether oxygens (including phenoxy) is 2. The van der Waals surface area contributed by atoms with Crippen LogP contribution in [0.2, 0.25) is 0 Å². The fourth-order valence-corrected chi connectivity index (χ4v) is 3.22. The van der Waals surface area contributed by atoms with Crippen LogP contribution in [0.5, 0.6) is 0 Å². The number of anilines is 1. The van der Waals surface area contributed by atoms with Gasteiger partial charge in [0.15, 0.2) is 11.6 Å². The van der Waals surface area contributed by atoms with Gasteiger partial charge in [-0.1, -0.05) is 0 Å². The Bertz CT molecular complexity index is 567. The lowest BCUT2D eigenvalue weighted by molar-refractivity contribution is -0.161. The fourth-order valence-electron chi connectivity index (χ4n) is 2.80. The summed E-state index contributed by atoms with van der Waals surface area (Å²) in [4.78, 5) is 1.93. The maximum atomic E-state index is 14.4. The van der Waals surface area contributed by atoms with Gasteiger partial charge in [-0.25, -0.2) is 4.39 Å². The summed E-state index contributed by atoms with van der Waals surface area (Å²) in [5.74, 6) is -0.996. The van der Waals surface area contributed by atoms with Gasteiger partial charge in [0.05, 0.1) is 35.5 Å². The van der Waals surface area contributed by atoms with E-state index in [2.05, 4.69) is 15.9 Å². The number of piperidine rings is 1. The average Bonchev–Trinajstić information content (AvgIpc) is 2.89. The summed E-state index contributed by atoms with van der Waals surface area (Å²) in [5.41, 5.74) is 0.778. The van der Waals surface area contributed by atoms with Gasteiger partial charge < -0.3 is 14.4 Å². The highest BCUT2D eigenvalue weighted by molar-refractivity contribution is 9.10. The quantitative estimate of drug-likeness (QED) is 0.788. The number of hydrogen-bond acceptors (Lipinski definition) is 4. The van der Waals surface area contributed by atoms with Gasteiger partial charge >= 0.3 is 0 Å². The van der Waals surface area contributed by atoms with Gasteiger partial charge in [0.2, 0.25) is 0 Å². The van der Waals surface area contributed by atoms with E-state index < -0.39 is 11.6 Å². The molecule has 2 saturated heterocycles. The van der Waals surface area contributed by atoms with Gasteiger partial charge in [0, 0.05) is 13.0 Å². The minimum atomic E-state index is -0.592.